The zero-order valence-corrected chi connectivity index (χ0v) is 8.10. The topological polar surface area (TPSA) is 38.9 Å². The number of aromatic nitrogens is 1. The van der Waals surface area contributed by atoms with E-state index in [1.807, 2.05) is 12.1 Å². The first-order valence-corrected chi connectivity index (χ1v) is 4.44. The summed E-state index contributed by atoms with van der Waals surface area (Å²) in [6, 6.07) is 7.01. The van der Waals surface area contributed by atoms with Crippen LogP contribution in [0.25, 0.3) is 10.9 Å². The third-order valence-corrected chi connectivity index (χ3v) is 2.28. The van der Waals surface area contributed by atoms with Crippen LogP contribution in [-0.2, 0) is 0 Å². The fraction of sp³-hybridized carbons (Fsp3) is 0. The molecule has 2 rings (SSSR count). The Labute approximate surface area is 85.3 Å². The fourth-order valence-corrected chi connectivity index (χ4v) is 1.80. The maximum Gasteiger partial charge on any atom is 0.131 e. The summed E-state index contributed by atoms with van der Waals surface area (Å²) in [5.74, 6) is 0. The number of fused-ring (bicyclic) bond motifs is 1. The summed E-state index contributed by atoms with van der Waals surface area (Å²) in [5.41, 5.74) is 7.08. The summed E-state index contributed by atoms with van der Waals surface area (Å²) in [4.78, 5) is 4.10. The Bertz CT molecular complexity index is 468. The largest absolute Gasteiger partial charge is 0.398 e. The molecule has 0 amide bonds. The van der Waals surface area contributed by atoms with Crippen LogP contribution >= 0.6 is 23.2 Å². The molecule has 0 saturated heterocycles. The van der Waals surface area contributed by atoms with Crippen molar-refractivity contribution < 1.29 is 0 Å². The van der Waals surface area contributed by atoms with Crippen molar-refractivity contribution in [3.63, 3.8) is 0 Å². The van der Waals surface area contributed by atoms with E-state index < -0.39 is 0 Å². The molecule has 66 valence electrons. The van der Waals surface area contributed by atoms with Gasteiger partial charge in [-0.2, -0.15) is 0 Å². The second-order valence-electron chi connectivity index (χ2n) is 2.67. The molecule has 2 N–H and O–H groups in total. The van der Waals surface area contributed by atoms with E-state index in [1.165, 1.54) is 0 Å². The number of nitrogens with two attached hydrogens (primary N) is 1. The van der Waals surface area contributed by atoms with Gasteiger partial charge in [0.2, 0.25) is 0 Å². The van der Waals surface area contributed by atoms with E-state index in [4.69, 9.17) is 28.9 Å². The lowest BCUT2D eigenvalue weighted by molar-refractivity contribution is 1.41. The van der Waals surface area contributed by atoms with Gasteiger partial charge in [-0.15, -0.1) is 0 Å². The van der Waals surface area contributed by atoms with Gasteiger partial charge in [-0.3, -0.25) is 0 Å². The van der Waals surface area contributed by atoms with Crippen LogP contribution in [0.1, 0.15) is 0 Å². The van der Waals surface area contributed by atoms with Gasteiger partial charge in [-0.25, -0.2) is 4.98 Å². The van der Waals surface area contributed by atoms with E-state index in [0.29, 0.717) is 15.9 Å². The highest BCUT2D eigenvalue weighted by Crippen LogP contribution is 2.29. The van der Waals surface area contributed by atoms with Crippen molar-refractivity contribution in [2.24, 2.45) is 0 Å². The molecule has 0 radical (unpaired) electrons. The molecule has 13 heavy (non-hydrogen) atoms. The van der Waals surface area contributed by atoms with Gasteiger partial charge in [-0.1, -0.05) is 29.3 Å². The van der Waals surface area contributed by atoms with Gasteiger partial charge in [0.15, 0.2) is 0 Å². The molecule has 0 aliphatic rings. The molecule has 0 saturated carbocycles. The molecule has 0 unspecified atom stereocenters. The number of pyridine rings is 1. The number of anilines is 1. The Morgan fingerprint density at radius 2 is 2.00 bits per heavy atom. The van der Waals surface area contributed by atoms with Gasteiger partial charge < -0.3 is 5.73 Å². The molecule has 2 aromatic rings. The Morgan fingerprint density at radius 3 is 2.77 bits per heavy atom. The number of nitrogen functional groups attached to an aromatic ring is 1. The first kappa shape index (κ1) is 8.60. The molecule has 4 heteroatoms. The molecule has 0 fully saturated rings. The van der Waals surface area contributed by atoms with Crippen molar-refractivity contribution in [2.45, 2.75) is 0 Å². The summed E-state index contributed by atoms with van der Waals surface area (Å²) >= 11 is 11.7. The van der Waals surface area contributed by atoms with Gasteiger partial charge in [0.25, 0.3) is 0 Å². The number of halogens is 2. The predicted molar refractivity (Wildman–Crippen MR) is 56.2 cm³/mol. The molecule has 0 atom stereocenters. The smallest absolute Gasteiger partial charge is 0.131 e. The Balaban J connectivity index is 2.94. The van der Waals surface area contributed by atoms with E-state index in [1.54, 1.807) is 12.1 Å². The summed E-state index contributed by atoms with van der Waals surface area (Å²) < 4.78 is 0. The maximum absolute atomic E-state index is 5.96. The van der Waals surface area contributed by atoms with Crippen LogP contribution in [0.4, 0.5) is 5.69 Å². The molecule has 0 aliphatic carbocycles. The van der Waals surface area contributed by atoms with Gasteiger partial charge in [0.05, 0.1) is 10.5 Å². The maximum atomic E-state index is 5.96. The van der Waals surface area contributed by atoms with E-state index in [9.17, 15) is 0 Å². The lowest BCUT2D eigenvalue weighted by Gasteiger charge is -2.03. The minimum Gasteiger partial charge on any atom is -0.398 e. The zero-order valence-electron chi connectivity index (χ0n) is 6.59. The van der Waals surface area contributed by atoms with Crippen LogP contribution in [0.2, 0.25) is 10.2 Å². The first-order valence-electron chi connectivity index (χ1n) is 3.69. The quantitative estimate of drug-likeness (QED) is 0.539. The molecule has 1 aromatic carbocycles. The van der Waals surface area contributed by atoms with E-state index in [2.05, 4.69) is 4.98 Å². The van der Waals surface area contributed by atoms with Crippen LogP contribution in [0.15, 0.2) is 24.3 Å². The lowest BCUT2D eigenvalue weighted by atomic mass is 10.2. The highest BCUT2D eigenvalue weighted by atomic mass is 35.5. The van der Waals surface area contributed by atoms with Crippen LogP contribution in [0.5, 0.6) is 0 Å². The average Bonchev–Trinajstić information content (AvgIpc) is 2.02. The Kier molecular flexibility index (Phi) is 2.02. The van der Waals surface area contributed by atoms with E-state index >= 15 is 0 Å². The standard InChI is InChI=1S/C9H6Cl2N2/c10-5-4-8(11)13-7-3-1-2-6(12)9(5)7/h1-4H,12H2. The third kappa shape index (κ3) is 1.43. The number of hydrogen-bond acceptors (Lipinski definition) is 2. The van der Waals surface area contributed by atoms with Crippen LogP contribution < -0.4 is 5.73 Å². The minimum atomic E-state index is 0.378. The molecule has 0 aliphatic heterocycles. The fourth-order valence-electron chi connectivity index (χ4n) is 1.23. The molecule has 1 heterocycles. The van der Waals surface area contributed by atoms with Crippen molar-refractivity contribution in [2.75, 3.05) is 5.73 Å². The molecule has 2 nitrogen and oxygen atoms in total. The summed E-state index contributed by atoms with van der Waals surface area (Å²) in [6.07, 6.45) is 0. The van der Waals surface area contributed by atoms with Gasteiger partial charge in [0, 0.05) is 11.1 Å². The number of rotatable bonds is 0. The number of nitrogens with zero attached hydrogens (tertiary/aromatic N) is 1. The summed E-state index contributed by atoms with van der Waals surface area (Å²) in [5, 5.41) is 1.67. The van der Waals surface area contributed by atoms with E-state index in [0.717, 1.165) is 10.9 Å². The molecular weight excluding hydrogens is 207 g/mol. The molecular formula is C9H6Cl2N2. The minimum absolute atomic E-state index is 0.378. The number of hydrogen-bond donors (Lipinski definition) is 1. The van der Waals surface area contributed by atoms with Gasteiger partial charge in [-0.05, 0) is 18.2 Å². The average molecular weight is 213 g/mol. The first-order chi connectivity index (χ1) is 6.18. The van der Waals surface area contributed by atoms with Crippen LogP contribution in [0, 0.1) is 0 Å². The summed E-state index contributed by atoms with van der Waals surface area (Å²) in [6.45, 7) is 0. The monoisotopic (exact) mass is 212 g/mol. The molecule has 0 bridgehead atoms. The highest BCUT2D eigenvalue weighted by Gasteiger charge is 2.04. The Morgan fingerprint density at radius 1 is 1.23 bits per heavy atom. The zero-order chi connectivity index (χ0) is 9.42. The van der Waals surface area contributed by atoms with Crippen molar-refractivity contribution in [3.05, 3.63) is 34.4 Å². The number of benzene rings is 1. The third-order valence-electron chi connectivity index (χ3n) is 1.79. The van der Waals surface area contributed by atoms with Crippen molar-refractivity contribution in [1.82, 2.24) is 4.98 Å². The van der Waals surface area contributed by atoms with Gasteiger partial charge >= 0.3 is 0 Å². The normalized spacial score (nSPS) is 10.6. The molecule has 1 aromatic heterocycles. The second kappa shape index (κ2) is 3.05. The van der Waals surface area contributed by atoms with Crippen LogP contribution in [0.3, 0.4) is 0 Å². The highest BCUT2D eigenvalue weighted by molar-refractivity contribution is 6.38. The van der Waals surface area contributed by atoms with Gasteiger partial charge in [0.1, 0.15) is 5.15 Å². The van der Waals surface area contributed by atoms with E-state index in [-0.39, 0.29) is 0 Å². The van der Waals surface area contributed by atoms with Crippen molar-refractivity contribution >= 4 is 39.8 Å². The Hall–Kier alpha value is -0.990. The summed E-state index contributed by atoms with van der Waals surface area (Å²) in [7, 11) is 0. The van der Waals surface area contributed by atoms with Crippen molar-refractivity contribution in [1.29, 1.82) is 0 Å². The molecule has 0 spiro atoms. The second-order valence-corrected chi connectivity index (χ2v) is 3.46. The SMILES string of the molecule is Nc1cccc2nc(Cl)cc(Cl)c12. The van der Waals surface area contributed by atoms with Crippen molar-refractivity contribution in [3.8, 4) is 0 Å². The van der Waals surface area contributed by atoms with Crippen LogP contribution in [-0.4, -0.2) is 4.98 Å². The lowest BCUT2D eigenvalue weighted by Crippen LogP contribution is -1.89. The predicted octanol–water partition coefficient (Wildman–Crippen LogP) is 3.12.